The summed E-state index contributed by atoms with van der Waals surface area (Å²) < 4.78 is 33.4. The molecule has 29 heteroatoms. The molecule has 104 heavy (non-hydrogen) atoms. The van der Waals surface area contributed by atoms with Gasteiger partial charge in [-0.3, -0.25) is 53.0 Å². The van der Waals surface area contributed by atoms with Gasteiger partial charge < -0.3 is 80.5 Å². The summed E-state index contributed by atoms with van der Waals surface area (Å²) in [5.41, 5.74) is 0.567. The predicted molar refractivity (Wildman–Crippen MR) is 382 cm³/mol. The lowest BCUT2D eigenvalue weighted by atomic mass is 9.92. The molecule has 3 aromatic carbocycles. The van der Waals surface area contributed by atoms with Gasteiger partial charge in [0.25, 0.3) is 0 Å². The van der Waals surface area contributed by atoms with Gasteiger partial charge in [-0.15, -0.1) is 0 Å². The van der Waals surface area contributed by atoms with Crippen molar-refractivity contribution >= 4 is 65.4 Å². The summed E-state index contributed by atoms with van der Waals surface area (Å²) in [6, 6.07) is 19.2. The number of likely N-dealkylation sites (N-methyl/N-ethyl adjacent to an activating group) is 2. The van der Waals surface area contributed by atoms with E-state index in [-0.39, 0.29) is 90.1 Å². The van der Waals surface area contributed by atoms with Gasteiger partial charge >= 0.3 is 12.2 Å². The summed E-state index contributed by atoms with van der Waals surface area (Å²) >= 11 is 0. The Kier molecular flexibility index (Phi) is 31.7. The average molecular weight is 1450 g/mol. The Morgan fingerprint density at radius 2 is 0.885 bits per heavy atom. The fourth-order valence-electron chi connectivity index (χ4n) is 13.7. The number of aliphatic hydroxyl groups excluding tert-OH is 1. The molecule has 4 fully saturated rings. The monoisotopic (exact) mass is 1450 g/mol. The number of fused-ring (bicyclic) bond motifs is 2. The molecule has 4 aliphatic rings. The van der Waals surface area contributed by atoms with Gasteiger partial charge in [0.2, 0.25) is 53.2 Å². The van der Waals surface area contributed by atoms with Crippen LogP contribution in [0.2, 0.25) is 0 Å². The van der Waals surface area contributed by atoms with E-state index in [1.165, 1.54) is 28.8 Å². The van der Waals surface area contributed by atoms with Crippen molar-refractivity contribution in [2.75, 3.05) is 93.2 Å². The fraction of sp³-hybridized carbons (Fsp3) is 0.613. The highest BCUT2D eigenvalue weighted by Gasteiger charge is 2.51. The Morgan fingerprint density at radius 1 is 0.490 bits per heavy atom. The average Bonchev–Trinajstić information content (AvgIpc) is 1.72. The molecule has 11 atom stereocenters. The van der Waals surface area contributed by atoms with E-state index < -0.39 is 151 Å². The third-order valence-corrected chi connectivity index (χ3v) is 19.0. The van der Waals surface area contributed by atoms with Crippen LogP contribution >= 0.6 is 0 Å². The van der Waals surface area contributed by atoms with Crippen molar-refractivity contribution < 1.29 is 86.3 Å². The van der Waals surface area contributed by atoms with E-state index >= 15 is 4.79 Å². The number of hydrogen-bond donors (Lipinski definition) is 8. The third kappa shape index (κ3) is 23.9. The summed E-state index contributed by atoms with van der Waals surface area (Å²) in [6.45, 7) is 13.7. The maximum Gasteiger partial charge on any atom is 0.410 e. The van der Waals surface area contributed by atoms with E-state index in [0.717, 1.165) is 11.1 Å². The number of rotatable bonds is 35. The van der Waals surface area contributed by atoms with Gasteiger partial charge in [0.05, 0.1) is 45.7 Å². The molecule has 11 amide bonds. The second-order valence-electron chi connectivity index (χ2n) is 28.7. The minimum absolute atomic E-state index is 0.0576. The van der Waals surface area contributed by atoms with E-state index in [1.54, 1.807) is 90.6 Å². The van der Waals surface area contributed by atoms with Crippen molar-refractivity contribution in [1.29, 1.82) is 0 Å². The van der Waals surface area contributed by atoms with Crippen LogP contribution in [-0.2, 0) is 71.6 Å². The zero-order valence-corrected chi connectivity index (χ0v) is 61.8. The predicted octanol–water partition coefficient (Wildman–Crippen LogP) is 3.96. The van der Waals surface area contributed by atoms with Crippen LogP contribution in [0.3, 0.4) is 0 Å². The van der Waals surface area contributed by atoms with Crippen molar-refractivity contribution in [3.63, 3.8) is 0 Å². The maximum absolute atomic E-state index is 15.0. The molecule has 3 aromatic rings. The van der Waals surface area contributed by atoms with Gasteiger partial charge in [0, 0.05) is 64.3 Å². The first-order valence-electron chi connectivity index (χ1n) is 36.3. The first-order chi connectivity index (χ1) is 49.6. The van der Waals surface area contributed by atoms with E-state index in [9.17, 15) is 53.1 Å². The van der Waals surface area contributed by atoms with Gasteiger partial charge in [-0.25, -0.2) is 9.59 Å². The molecule has 29 nitrogen and oxygen atoms in total. The topological polar surface area (TPSA) is 361 Å². The van der Waals surface area contributed by atoms with Crippen molar-refractivity contribution in [2.45, 2.75) is 191 Å². The highest BCUT2D eigenvalue weighted by molar-refractivity contribution is 5.97. The number of benzene rings is 3. The minimum Gasteiger partial charge on any atom is -0.444 e. The second kappa shape index (κ2) is 39.9. The number of nitrogens with one attached hydrogen (secondary N) is 7. The largest absolute Gasteiger partial charge is 0.444 e. The number of amides is 11. The molecule has 0 radical (unpaired) electrons. The Bertz CT molecular complexity index is 3300. The van der Waals surface area contributed by atoms with E-state index in [2.05, 4.69) is 37.2 Å². The Balaban J connectivity index is 0.801. The van der Waals surface area contributed by atoms with Crippen molar-refractivity contribution in [1.82, 2.24) is 56.8 Å². The molecule has 0 bridgehead atoms. The molecule has 572 valence electrons. The first-order valence-corrected chi connectivity index (χ1v) is 36.3. The molecule has 0 aromatic heterocycles. The quantitative estimate of drug-likeness (QED) is 0.0386. The number of nitrogens with zero attached hydrogens (tertiary/aromatic N) is 4. The Hall–Kier alpha value is -8.77. The van der Waals surface area contributed by atoms with Crippen LogP contribution in [-0.4, -0.2) is 243 Å². The summed E-state index contributed by atoms with van der Waals surface area (Å²) in [7, 11) is 2.90. The Labute approximate surface area is 609 Å². The summed E-state index contributed by atoms with van der Waals surface area (Å²) in [6.07, 6.45) is 2.45. The van der Waals surface area contributed by atoms with Gasteiger partial charge in [-0.1, -0.05) is 105 Å². The van der Waals surface area contributed by atoms with Crippen LogP contribution in [0.4, 0.5) is 9.59 Å². The number of aliphatic hydroxyl groups is 1. The van der Waals surface area contributed by atoms with Gasteiger partial charge in [-0.05, 0) is 122 Å². The number of hydrogen-bond acceptors (Lipinski definition) is 18. The standard InChI is InChI=1S/C75H109N11O18/c1-11-55(83(9)72(97)103-74(3,4)5)65(90)81-63-51(28-30-53-32-34-57(85(53)70(63)95)67(92)79-61(48-22-16-13-17-23-48)49-24-18-14-19-25-49)44-78-60(89)47-102-46-59(88)76-36-38-99-40-42-101-43-41-100-39-37-77-69(94)62(50-26-20-15-21-27-50)80-68(93)58-35-33-54-31-29-52(45-87)64(71(96)86(54)58)82-66(91)56(12-2)84(10)73(98)104-75(6,7)8/h13-27,51-58,61-64,87H,11-12,28-47H2,1-10H3,(H,76,88)(H,77,94)(H,78,89)(H,79,92)(H,80,93)(H,81,90)(H,82,91)/t51-,52+,53-,54-,55-,56-,57?,58-,62-,63-,64-/m0/s1. The molecule has 0 saturated carbocycles. The first kappa shape index (κ1) is 82.5. The van der Waals surface area contributed by atoms with E-state index in [0.29, 0.717) is 56.9 Å². The number of ether oxygens (including phenoxy) is 6. The lowest BCUT2D eigenvalue weighted by Gasteiger charge is -2.34. The number of carbonyl (C=O) groups is 11. The second-order valence-corrected chi connectivity index (χ2v) is 28.7. The third-order valence-electron chi connectivity index (χ3n) is 19.0. The van der Waals surface area contributed by atoms with Crippen molar-refractivity contribution in [3.8, 4) is 0 Å². The molecular formula is C75H109N11O18. The molecule has 1 unspecified atom stereocenters. The summed E-state index contributed by atoms with van der Waals surface area (Å²) in [5, 5.41) is 30.6. The molecule has 0 spiro atoms. The molecule has 8 N–H and O–H groups in total. The Morgan fingerprint density at radius 3 is 1.33 bits per heavy atom. The molecule has 0 aliphatic carbocycles. The lowest BCUT2D eigenvalue weighted by Crippen LogP contribution is -2.60. The minimum atomic E-state index is -1.20. The van der Waals surface area contributed by atoms with Crippen LogP contribution in [0.15, 0.2) is 91.0 Å². The van der Waals surface area contributed by atoms with Gasteiger partial charge in [-0.2, -0.15) is 0 Å². The van der Waals surface area contributed by atoms with Crippen LogP contribution in [0.1, 0.15) is 148 Å². The maximum atomic E-state index is 15.0. The van der Waals surface area contributed by atoms with E-state index in [1.807, 2.05) is 60.7 Å². The van der Waals surface area contributed by atoms with Crippen LogP contribution in [0, 0.1) is 11.8 Å². The van der Waals surface area contributed by atoms with Crippen LogP contribution in [0.5, 0.6) is 0 Å². The highest BCUT2D eigenvalue weighted by Crippen LogP contribution is 2.37. The molecule has 4 saturated heterocycles. The van der Waals surface area contributed by atoms with Gasteiger partial charge in [0.15, 0.2) is 0 Å². The smallest absolute Gasteiger partial charge is 0.410 e. The van der Waals surface area contributed by atoms with Crippen molar-refractivity contribution in [3.05, 3.63) is 108 Å². The molecular weight excluding hydrogens is 1340 g/mol. The lowest BCUT2D eigenvalue weighted by molar-refractivity contribution is -0.145. The summed E-state index contributed by atoms with van der Waals surface area (Å²) in [4.78, 5) is 158. The fourth-order valence-corrected chi connectivity index (χ4v) is 13.7. The highest BCUT2D eigenvalue weighted by atomic mass is 16.6. The zero-order valence-electron chi connectivity index (χ0n) is 61.8. The van der Waals surface area contributed by atoms with Crippen molar-refractivity contribution in [2.24, 2.45) is 11.8 Å². The molecule has 4 heterocycles. The van der Waals surface area contributed by atoms with E-state index in [4.69, 9.17) is 28.4 Å². The van der Waals surface area contributed by atoms with Gasteiger partial charge in [0.1, 0.15) is 66.7 Å². The van der Waals surface area contributed by atoms with Crippen LogP contribution in [0.25, 0.3) is 0 Å². The molecule has 7 rings (SSSR count). The number of carbonyl (C=O) groups excluding carboxylic acids is 11. The zero-order chi connectivity index (χ0) is 75.7. The normalized spacial score (nSPS) is 21.2. The SMILES string of the molecule is CC[C@@H](C(=O)N[C@@H]1C(=O)N2C(C(=O)NC(c3ccccc3)c3ccccc3)CC[C@@H]2CC[C@H]1CNC(=O)COCC(=O)NCCOCCOCCOCCNC(=O)[C@@H](NC(=O)[C@@H]1CC[C@@H]2CC[C@H](CO)[C@H](NC(=O)[C@H](CC)N(C)C(=O)OC(C)(C)C)C(=O)N21)c1ccccc1)N(C)C(=O)OC(C)(C)C. The van der Waals surface area contributed by atoms with Crippen LogP contribution < -0.4 is 37.2 Å². The molecule has 4 aliphatic heterocycles. The summed E-state index contributed by atoms with van der Waals surface area (Å²) in [5.74, 6) is -6.00.